The fraction of sp³-hybridized carbons (Fsp3) is 0.619. The zero-order valence-electron chi connectivity index (χ0n) is 16.0. The number of piperidine rings is 2. The molecule has 0 bridgehead atoms. The van der Waals surface area contributed by atoms with E-state index in [1.165, 1.54) is 56.6 Å². The number of amides is 2. The molecule has 0 radical (unpaired) electrons. The monoisotopic (exact) mass is 375 g/mol. The van der Waals surface area contributed by atoms with Crippen LogP contribution in [0.5, 0.6) is 0 Å². The summed E-state index contributed by atoms with van der Waals surface area (Å²) in [5.41, 5.74) is 0.497. The highest BCUT2D eigenvalue weighted by atomic mass is 19.1. The fourth-order valence-corrected chi connectivity index (χ4v) is 3.96. The van der Waals surface area contributed by atoms with Gasteiger partial charge < -0.3 is 15.1 Å². The Morgan fingerprint density at radius 3 is 2.33 bits per heavy atom. The Kier molecular flexibility index (Phi) is 7.21. The van der Waals surface area contributed by atoms with Crippen molar-refractivity contribution in [2.45, 2.75) is 38.5 Å². The molecule has 1 N–H and O–H groups in total. The summed E-state index contributed by atoms with van der Waals surface area (Å²) in [7, 11) is 0. The normalized spacial score (nSPS) is 19.1. The van der Waals surface area contributed by atoms with Gasteiger partial charge in [-0.1, -0.05) is 6.42 Å². The van der Waals surface area contributed by atoms with Crippen molar-refractivity contribution in [3.05, 3.63) is 35.6 Å². The summed E-state index contributed by atoms with van der Waals surface area (Å²) in [6, 6.07) is 5.63. The van der Waals surface area contributed by atoms with E-state index in [0.29, 0.717) is 31.5 Å². The smallest absolute Gasteiger partial charge is 0.253 e. The first-order chi connectivity index (χ1) is 13.1. The van der Waals surface area contributed by atoms with Gasteiger partial charge in [0.15, 0.2) is 0 Å². The van der Waals surface area contributed by atoms with Gasteiger partial charge in [0, 0.05) is 31.1 Å². The third kappa shape index (κ3) is 5.76. The van der Waals surface area contributed by atoms with Crippen LogP contribution in [0.25, 0.3) is 0 Å². The molecule has 2 heterocycles. The number of likely N-dealkylation sites (tertiary alicyclic amines) is 2. The second kappa shape index (κ2) is 9.83. The SMILES string of the molecule is O=C(NCCCN1CCCCC1)C1CCN(C(=O)c2ccc(F)cc2)CC1. The molecule has 27 heavy (non-hydrogen) atoms. The van der Waals surface area contributed by atoms with Crippen LogP contribution in [-0.4, -0.2) is 60.9 Å². The molecule has 6 heteroatoms. The highest BCUT2D eigenvalue weighted by molar-refractivity contribution is 5.94. The van der Waals surface area contributed by atoms with Crippen molar-refractivity contribution in [2.75, 3.05) is 39.3 Å². The van der Waals surface area contributed by atoms with Crippen LogP contribution >= 0.6 is 0 Å². The maximum absolute atomic E-state index is 13.0. The van der Waals surface area contributed by atoms with Crippen LogP contribution in [0, 0.1) is 11.7 Å². The van der Waals surface area contributed by atoms with Gasteiger partial charge in [-0.15, -0.1) is 0 Å². The van der Waals surface area contributed by atoms with Gasteiger partial charge in [0.2, 0.25) is 5.91 Å². The van der Waals surface area contributed by atoms with E-state index in [0.717, 1.165) is 19.5 Å². The van der Waals surface area contributed by atoms with E-state index in [9.17, 15) is 14.0 Å². The Balaban J connectivity index is 1.35. The number of carbonyl (C=O) groups is 2. The zero-order chi connectivity index (χ0) is 19.1. The molecule has 0 unspecified atom stereocenters. The van der Waals surface area contributed by atoms with Crippen molar-refractivity contribution in [2.24, 2.45) is 5.92 Å². The van der Waals surface area contributed by atoms with E-state index in [-0.39, 0.29) is 23.5 Å². The molecule has 2 amide bonds. The summed E-state index contributed by atoms with van der Waals surface area (Å²) < 4.78 is 13.0. The molecule has 0 spiro atoms. The Morgan fingerprint density at radius 1 is 1.00 bits per heavy atom. The lowest BCUT2D eigenvalue weighted by atomic mass is 9.95. The topological polar surface area (TPSA) is 52.7 Å². The predicted molar refractivity (Wildman–Crippen MR) is 103 cm³/mol. The lowest BCUT2D eigenvalue weighted by molar-refractivity contribution is -0.126. The molecule has 1 aromatic carbocycles. The van der Waals surface area contributed by atoms with Crippen LogP contribution in [0.2, 0.25) is 0 Å². The summed E-state index contributed by atoms with van der Waals surface area (Å²) in [5.74, 6) is -0.336. The molecule has 2 saturated heterocycles. The molecule has 3 rings (SSSR count). The van der Waals surface area contributed by atoms with Crippen LogP contribution in [-0.2, 0) is 4.79 Å². The third-order valence-corrected chi connectivity index (χ3v) is 5.64. The summed E-state index contributed by atoms with van der Waals surface area (Å²) in [6.45, 7) is 5.31. The van der Waals surface area contributed by atoms with Crippen molar-refractivity contribution in [1.29, 1.82) is 0 Å². The van der Waals surface area contributed by atoms with Crippen molar-refractivity contribution in [3.63, 3.8) is 0 Å². The van der Waals surface area contributed by atoms with Gasteiger partial charge in [-0.25, -0.2) is 4.39 Å². The van der Waals surface area contributed by atoms with Gasteiger partial charge in [0.1, 0.15) is 5.82 Å². The van der Waals surface area contributed by atoms with E-state index >= 15 is 0 Å². The van der Waals surface area contributed by atoms with Crippen molar-refractivity contribution >= 4 is 11.8 Å². The first-order valence-electron chi connectivity index (χ1n) is 10.2. The van der Waals surface area contributed by atoms with Gasteiger partial charge in [-0.2, -0.15) is 0 Å². The van der Waals surface area contributed by atoms with Gasteiger partial charge in [-0.3, -0.25) is 9.59 Å². The molecule has 2 aliphatic rings. The van der Waals surface area contributed by atoms with Crippen molar-refractivity contribution < 1.29 is 14.0 Å². The van der Waals surface area contributed by atoms with Crippen LogP contribution in [0.1, 0.15) is 48.9 Å². The minimum absolute atomic E-state index is 0.0164. The van der Waals surface area contributed by atoms with E-state index in [2.05, 4.69) is 10.2 Å². The Bertz CT molecular complexity index is 621. The molecule has 0 atom stereocenters. The van der Waals surface area contributed by atoms with Gasteiger partial charge in [0.05, 0.1) is 0 Å². The van der Waals surface area contributed by atoms with Crippen molar-refractivity contribution in [1.82, 2.24) is 15.1 Å². The molecule has 2 aliphatic heterocycles. The van der Waals surface area contributed by atoms with E-state index < -0.39 is 0 Å². The number of nitrogens with one attached hydrogen (secondary N) is 1. The zero-order valence-corrected chi connectivity index (χ0v) is 16.0. The molecule has 5 nitrogen and oxygen atoms in total. The first kappa shape index (κ1) is 19.8. The standard InChI is InChI=1S/C21H30FN3O2/c22-19-7-5-18(6-8-19)21(27)25-15-9-17(10-16-25)20(26)23-11-4-14-24-12-2-1-3-13-24/h5-8,17H,1-4,9-16H2,(H,23,26). The molecular weight excluding hydrogens is 345 g/mol. The molecule has 0 aromatic heterocycles. The molecule has 148 valence electrons. The van der Waals surface area contributed by atoms with Gasteiger partial charge in [-0.05, 0) is 76.0 Å². The number of halogens is 1. The third-order valence-electron chi connectivity index (χ3n) is 5.64. The van der Waals surface area contributed by atoms with Crippen LogP contribution in [0.3, 0.4) is 0 Å². The highest BCUT2D eigenvalue weighted by Gasteiger charge is 2.27. The summed E-state index contributed by atoms with van der Waals surface area (Å²) in [4.78, 5) is 29.0. The number of rotatable bonds is 6. The van der Waals surface area contributed by atoms with E-state index in [1.807, 2.05) is 0 Å². The predicted octanol–water partition coefficient (Wildman–Crippen LogP) is 2.67. The highest BCUT2D eigenvalue weighted by Crippen LogP contribution is 2.19. The van der Waals surface area contributed by atoms with Crippen LogP contribution in [0.4, 0.5) is 4.39 Å². The molecule has 2 fully saturated rings. The molecule has 0 aliphatic carbocycles. The average Bonchev–Trinajstić information content (AvgIpc) is 2.72. The molecule has 0 saturated carbocycles. The largest absolute Gasteiger partial charge is 0.356 e. The number of hydrogen-bond donors (Lipinski definition) is 1. The minimum atomic E-state index is -0.345. The van der Waals surface area contributed by atoms with Crippen molar-refractivity contribution in [3.8, 4) is 0 Å². The van der Waals surface area contributed by atoms with Gasteiger partial charge in [0.25, 0.3) is 5.91 Å². The van der Waals surface area contributed by atoms with Crippen LogP contribution < -0.4 is 5.32 Å². The summed E-state index contributed by atoms with van der Waals surface area (Å²) in [5, 5.41) is 3.06. The molecule has 1 aromatic rings. The number of benzene rings is 1. The summed E-state index contributed by atoms with van der Waals surface area (Å²) >= 11 is 0. The first-order valence-corrected chi connectivity index (χ1v) is 10.2. The fourth-order valence-electron chi connectivity index (χ4n) is 3.96. The average molecular weight is 375 g/mol. The number of carbonyl (C=O) groups excluding carboxylic acids is 2. The lowest BCUT2D eigenvalue weighted by Crippen LogP contribution is -2.43. The second-order valence-electron chi connectivity index (χ2n) is 7.62. The second-order valence-corrected chi connectivity index (χ2v) is 7.62. The maximum atomic E-state index is 13.0. The van der Waals surface area contributed by atoms with Gasteiger partial charge >= 0.3 is 0 Å². The Morgan fingerprint density at radius 2 is 1.67 bits per heavy atom. The minimum Gasteiger partial charge on any atom is -0.356 e. The Labute approximate surface area is 160 Å². The maximum Gasteiger partial charge on any atom is 0.253 e. The summed E-state index contributed by atoms with van der Waals surface area (Å²) in [6.07, 6.45) is 6.29. The molecular formula is C21H30FN3O2. The number of nitrogens with zero attached hydrogens (tertiary/aromatic N) is 2. The van der Waals surface area contributed by atoms with E-state index in [1.54, 1.807) is 4.90 Å². The quantitative estimate of drug-likeness (QED) is 0.778. The Hall–Kier alpha value is -1.95. The lowest BCUT2D eigenvalue weighted by Gasteiger charge is -2.31. The number of hydrogen-bond acceptors (Lipinski definition) is 3. The van der Waals surface area contributed by atoms with Crippen LogP contribution in [0.15, 0.2) is 24.3 Å². The van der Waals surface area contributed by atoms with E-state index in [4.69, 9.17) is 0 Å².